The summed E-state index contributed by atoms with van der Waals surface area (Å²) >= 11 is 6.23. The van der Waals surface area contributed by atoms with Crippen LogP contribution in [0, 0.1) is 5.41 Å². The highest BCUT2D eigenvalue weighted by Gasteiger charge is 2.52. The highest BCUT2D eigenvalue weighted by molar-refractivity contribution is 6.31. The maximum absolute atomic E-state index is 11.2. The van der Waals surface area contributed by atoms with Crippen molar-refractivity contribution in [3.8, 4) is 0 Å². The number of rotatable bonds is 3. The second kappa shape index (κ2) is 4.95. The average molecular weight is 321 g/mol. The van der Waals surface area contributed by atoms with Gasteiger partial charge in [0.2, 0.25) is 0 Å². The summed E-state index contributed by atoms with van der Waals surface area (Å²) < 4.78 is 5.75. The maximum atomic E-state index is 11.2. The molecule has 2 bridgehead atoms. The van der Waals surface area contributed by atoms with Crippen molar-refractivity contribution in [2.24, 2.45) is 5.41 Å². The third-order valence-corrected chi connectivity index (χ3v) is 6.31. The van der Waals surface area contributed by atoms with Gasteiger partial charge in [0, 0.05) is 28.5 Å². The van der Waals surface area contributed by atoms with Gasteiger partial charge in [-0.3, -0.25) is 5.10 Å². The van der Waals surface area contributed by atoms with Crippen molar-refractivity contribution in [2.45, 2.75) is 50.2 Å². The normalized spacial score (nSPS) is 32.5. The number of aromatic amines is 1. The summed E-state index contributed by atoms with van der Waals surface area (Å²) in [6, 6.07) is 3.76. The predicted molar refractivity (Wildman–Crippen MR) is 85.9 cm³/mol. The van der Waals surface area contributed by atoms with E-state index in [1.807, 2.05) is 19.2 Å². The van der Waals surface area contributed by atoms with Crippen molar-refractivity contribution >= 4 is 22.5 Å². The van der Waals surface area contributed by atoms with Crippen LogP contribution >= 0.6 is 11.6 Å². The van der Waals surface area contributed by atoms with Crippen LogP contribution in [0.25, 0.3) is 10.9 Å². The van der Waals surface area contributed by atoms with Crippen LogP contribution in [-0.4, -0.2) is 28.0 Å². The molecular weight excluding hydrogens is 300 g/mol. The van der Waals surface area contributed by atoms with E-state index in [0.29, 0.717) is 5.02 Å². The molecule has 3 aliphatic carbocycles. The van der Waals surface area contributed by atoms with Crippen molar-refractivity contribution in [2.75, 3.05) is 7.11 Å². The van der Waals surface area contributed by atoms with Crippen molar-refractivity contribution in [3.63, 3.8) is 0 Å². The first-order valence-corrected chi connectivity index (χ1v) is 8.31. The predicted octanol–water partition coefficient (Wildman–Crippen LogP) is 3.99. The molecule has 1 heterocycles. The van der Waals surface area contributed by atoms with Gasteiger partial charge in [0.25, 0.3) is 0 Å². The van der Waals surface area contributed by atoms with E-state index in [1.54, 1.807) is 6.20 Å². The highest BCUT2D eigenvalue weighted by Crippen LogP contribution is 2.59. The first-order valence-electron chi connectivity index (χ1n) is 7.93. The van der Waals surface area contributed by atoms with Gasteiger partial charge in [-0.2, -0.15) is 5.10 Å². The highest BCUT2D eigenvalue weighted by atomic mass is 35.5. The molecule has 0 radical (unpaired) electrons. The zero-order valence-corrected chi connectivity index (χ0v) is 13.5. The number of nitrogens with one attached hydrogen (secondary N) is 1. The van der Waals surface area contributed by atoms with Gasteiger partial charge in [0.15, 0.2) is 0 Å². The molecule has 2 aromatic rings. The molecule has 1 aromatic heterocycles. The molecule has 1 unspecified atom stereocenters. The number of nitrogens with zero attached hydrogens (tertiary/aromatic N) is 1. The number of H-pyrrole nitrogens is 1. The van der Waals surface area contributed by atoms with Crippen LogP contribution in [0.4, 0.5) is 0 Å². The van der Waals surface area contributed by atoms with E-state index >= 15 is 0 Å². The Labute approximate surface area is 134 Å². The number of aliphatic hydroxyl groups excluding tert-OH is 1. The Kier molecular flexibility index (Phi) is 3.26. The lowest BCUT2D eigenvalue weighted by atomic mass is 9.55. The van der Waals surface area contributed by atoms with Crippen molar-refractivity contribution in [1.29, 1.82) is 0 Å². The van der Waals surface area contributed by atoms with Gasteiger partial charge in [-0.25, -0.2) is 0 Å². The summed E-state index contributed by atoms with van der Waals surface area (Å²) in [7, 11) is 1.82. The van der Waals surface area contributed by atoms with Crippen molar-refractivity contribution in [3.05, 3.63) is 28.9 Å². The standard InChI is InChI=1S/C17H21ClN2O2/c1-22-17-5-2-16(3-6-17,4-7-17)15(21)13-9-12(18)8-11-10-19-20-14(11)13/h8-10,15,21H,2-7H2,1H3,(H,19,20). The first kappa shape index (κ1) is 14.5. The molecule has 3 fully saturated rings. The lowest BCUT2D eigenvalue weighted by molar-refractivity contribution is -0.150. The van der Waals surface area contributed by atoms with Gasteiger partial charge in [0.1, 0.15) is 0 Å². The molecule has 3 saturated carbocycles. The van der Waals surface area contributed by atoms with Gasteiger partial charge in [-0.05, 0) is 50.7 Å². The number of fused-ring (bicyclic) bond motifs is 4. The minimum atomic E-state index is -0.510. The molecule has 5 heteroatoms. The molecule has 3 aliphatic rings. The van der Waals surface area contributed by atoms with E-state index in [4.69, 9.17) is 16.3 Å². The fourth-order valence-corrected chi connectivity index (χ4v) is 4.72. The number of methoxy groups -OCH3 is 1. The second-order valence-electron chi connectivity index (χ2n) is 6.98. The number of hydrogen-bond acceptors (Lipinski definition) is 3. The van der Waals surface area contributed by atoms with Crippen LogP contribution in [0.15, 0.2) is 18.3 Å². The molecular formula is C17H21ClN2O2. The second-order valence-corrected chi connectivity index (χ2v) is 7.42. The van der Waals surface area contributed by atoms with Crippen LogP contribution < -0.4 is 0 Å². The van der Waals surface area contributed by atoms with Crippen LogP contribution in [0.3, 0.4) is 0 Å². The molecule has 4 nitrogen and oxygen atoms in total. The van der Waals surface area contributed by atoms with Gasteiger partial charge >= 0.3 is 0 Å². The lowest BCUT2D eigenvalue weighted by Gasteiger charge is -2.54. The first-order chi connectivity index (χ1) is 10.6. The van der Waals surface area contributed by atoms with E-state index in [1.165, 1.54) is 0 Å². The average Bonchev–Trinajstić information content (AvgIpc) is 3.03. The third kappa shape index (κ3) is 2.01. The minimum Gasteiger partial charge on any atom is -0.388 e. The number of halogens is 1. The van der Waals surface area contributed by atoms with E-state index in [-0.39, 0.29) is 11.0 Å². The monoisotopic (exact) mass is 320 g/mol. The number of aromatic nitrogens is 2. The van der Waals surface area contributed by atoms with Crippen molar-refractivity contribution < 1.29 is 9.84 Å². The summed E-state index contributed by atoms with van der Waals surface area (Å²) in [5.41, 5.74) is 1.79. The maximum Gasteiger partial charge on any atom is 0.0867 e. The molecule has 1 atom stereocenters. The zero-order chi connectivity index (χ0) is 15.4. The fourth-order valence-electron chi connectivity index (χ4n) is 4.49. The number of benzene rings is 1. The molecule has 22 heavy (non-hydrogen) atoms. The summed E-state index contributed by atoms with van der Waals surface area (Å²) in [6.07, 6.45) is 7.36. The molecule has 0 amide bonds. The molecule has 0 aliphatic heterocycles. The third-order valence-electron chi connectivity index (χ3n) is 6.09. The summed E-state index contributed by atoms with van der Waals surface area (Å²) in [5, 5.41) is 19.9. The smallest absolute Gasteiger partial charge is 0.0867 e. The quantitative estimate of drug-likeness (QED) is 0.899. The Bertz CT molecular complexity index is 687. The molecule has 5 rings (SSSR count). The molecule has 1 aromatic carbocycles. The van der Waals surface area contributed by atoms with Crippen LogP contribution in [0.5, 0.6) is 0 Å². The topological polar surface area (TPSA) is 58.1 Å². The fraction of sp³-hybridized carbons (Fsp3) is 0.588. The summed E-state index contributed by atoms with van der Waals surface area (Å²) in [6.45, 7) is 0. The largest absolute Gasteiger partial charge is 0.388 e. The molecule has 2 N–H and O–H groups in total. The van der Waals surface area contributed by atoms with Crippen molar-refractivity contribution in [1.82, 2.24) is 10.2 Å². The van der Waals surface area contributed by atoms with Crippen LogP contribution in [-0.2, 0) is 4.74 Å². The van der Waals surface area contributed by atoms with Crippen LogP contribution in [0.2, 0.25) is 5.02 Å². The Morgan fingerprint density at radius 1 is 1.23 bits per heavy atom. The summed E-state index contributed by atoms with van der Waals surface area (Å²) in [5.74, 6) is 0. The van der Waals surface area contributed by atoms with Gasteiger partial charge < -0.3 is 9.84 Å². The van der Waals surface area contributed by atoms with E-state index in [9.17, 15) is 5.11 Å². The van der Waals surface area contributed by atoms with Gasteiger partial charge in [-0.15, -0.1) is 0 Å². The van der Waals surface area contributed by atoms with E-state index in [0.717, 1.165) is 55.0 Å². The van der Waals surface area contributed by atoms with E-state index < -0.39 is 6.10 Å². The van der Waals surface area contributed by atoms with Gasteiger partial charge in [0.05, 0.1) is 23.4 Å². The van der Waals surface area contributed by atoms with E-state index in [2.05, 4.69) is 10.2 Å². The molecule has 0 spiro atoms. The number of ether oxygens (including phenoxy) is 1. The Hall–Kier alpha value is -1.10. The van der Waals surface area contributed by atoms with Crippen LogP contribution in [0.1, 0.15) is 50.2 Å². The van der Waals surface area contributed by atoms with Gasteiger partial charge in [-0.1, -0.05) is 11.6 Å². The SMILES string of the molecule is COC12CCC(C(O)c3cc(Cl)cc4cn[nH]c34)(CC1)CC2. The Morgan fingerprint density at radius 2 is 1.91 bits per heavy atom. The lowest BCUT2D eigenvalue weighted by Crippen LogP contribution is -2.49. The summed E-state index contributed by atoms with van der Waals surface area (Å²) in [4.78, 5) is 0. The number of aliphatic hydroxyl groups is 1. The molecule has 118 valence electrons. The Morgan fingerprint density at radius 3 is 2.55 bits per heavy atom. The number of hydrogen-bond donors (Lipinski definition) is 2. The Balaban J connectivity index is 1.72. The zero-order valence-electron chi connectivity index (χ0n) is 12.7. The minimum absolute atomic E-state index is 0.0526. The molecule has 0 saturated heterocycles.